The Kier molecular flexibility index (Phi) is 4.65. The van der Waals surface area contributed by atoms with Crippen LogP contribution in [-0.4, -0.2) is 14.5 Å². The van der Waals surface area contributed by atoms with Gasteiger partial charge in [0.05, 0.1) is 11.0 Å². The number of hydrogen-bond acceptors (Lipinski definition) is 3. The molecule has 22 heavy (non-hydrogen) atoms. The molecule has 2 rings (SSSR count). The minimum atomic E-state index is -3.99. The molecule has 1 N–H and O–H groups in total. The zero-order chi connectivity index (χ0) is 16.3. The third-order valence-electron chi connectivity index (χ3n) is 2.68. The van der Waals surface area contributed by atoms with Gasteiger partial charge in [-0.3, -0.25) is 4.72 Å². The standard InChI is InChI=1S/C15H15F2NO3S/c1-10(2)21-12-5-3-11(4-6-12)18-22(19,20)13-7-8-14(16)15(17)9-13/h3-10,18H,1-2H3. The van der Waals surface area contributed by atoms with Gasteiger partial charge in [-0.2, -0.15) is 0 Å². The first kappa shape index (κ1) is 16.2. The molecule has 0 heterocycles. The molecule has 0 aliphatic heterocycles. The van der Waals surface area contributed by atoms with E-state index in [0.717, 1.165) is 12.1 Å². The molecule has 0 aliphatic rings. The molecule has 2 aromatic carbocycles. The highest BCUT2D eigenvalue weighted by Crippen LogP contribution is 2.21. The number of hydrogen-bond donors (Lipinski definition) is 1. The zero-order valence-corrected chi connectivity index (χ0v) is 12.8. The van der Waals surface area contributed by atoms with Gasteiger partial charge in [0.25, 0.3) is 10.0 Å². The summed E-state index contributed by atoms with van der Waals surface area (Å²) >= 11 is 0. The van der Waals surface area contributed by atoms with Gasteiger partial charge in [0.15, 0.2) is 11.6 Å². The van der Waals surface area contributed by atoms with Crippen LogP contribution in [0.4, 0.5) is 14.5 Å². The van der Waals surface area contributed by atoms with Crippen molar-refractivity contribution < 1.29 is 21.9 Å². The largest absolute Gasteiger partial charge is 0.491 e. The molecule has 0 spiro atoms. The van der Waals surface area contributed by atoms with Gasteiger partial charge in [0, 0.05) is 5.69 Å². The molecule has 0 atom stereocenters. The zero-order valence-electron chi connectivity index (χ0n) is 12.0. The number of rotatable bonds is 5. The van der Waals surface area contributed by atoms with Crippen molar-refractivity contribution in [1.29, 1.82) is 0 Å². The Balaban J connectivity index is 2.19. The number of sulfonamides is 1. The second kappa shape index (κ2) is 6.31. The first-order valence-electron chi connectivity index (χ1n) is 6.52. The van der Waals surface area contributed by atoms with E-state index in [1.54, 1.807) is 12.1 Å². The van der Waals surface area contributed by atoms with Crippen LogP contribution in [-0.2, 0) is 10.0 Å². The van der Waals surface area contributed by atoms with E-state index in [1.165, 1.54) is 12.1 Å². The van der Waals surface area contributed by atoms with Crippen LogP contribution in [0.1, 0.15) is 13.8 Å². The predicted molar refractivity (Wildman–Crippen MR) is 79.4 cm³/mol. The average molecular weight is 327 g/mol. The van der Waals surface area contributed by atoms with E-state index < -0.39 is 21.7 Å². The highest BCUT2D eigenvalue weighted by molar-refractivity contribution is 7.92. The van der Waals surface area contributed by atoms with Crippen molar-refractivity contribution >= 4 is 15.7 Å². The molecule has 0 bridgehead atoms. The van der Waals surface area contributed by atoms with Gasteiger partial charge in [0.1, 0.15) is 5.75 Å². The van der Waals surface area contributed by atoms with Crippen LogP contribution in [0.2, 0.25) is 0 Å². The molecule has 0 saturated carbocycles. The lowest BCUT2D eigenvalue weighted by atomic mass is 10.3. The Bertz CT molecular complexity index is 759. The van der Waals surface area contributed by atoms with E-state index in [2.05, 4.69) is 4.72 Å². The Hall–Kier alpha value is -2.15. The number of ether oxygens (including phenoxy) is 1. The van der Waals surface area contributed by atoms with Crippen molar-refractivity contribution in [3.05, 3.63) is 54.1 Å². The van der Waals surface area contributed by atoms with Gasteiger partial charge < -0.3 is 4.74 Å². The van der Waals surface area contributed by atoms with E-state index in [4.69, 9.17) is 4.74 Å². The predicted octanol–water partition coefficient (Wildman–Crippen LogP) is 3.55. The molecule has 0 saturated heterocycles. The Labute approximate surface area is 127 Å². The van der Waals surface area contributed by atoms with E-state index >= 15 is 0 Å². The SMILES string of the molecule is CC(C)Oc1ccc(NS(=O)(=O)c2ccc(F)c(F)c2)cc1. The summed E-state index contributed by atoms with van der Waals surface area (Å²) in [5, 5.41) is 0. The summed E-state index contributed by atoms with van der Waals surface area (Å²) in [5.41, 5.74) is 0.292. The summed E-state index contributed by atoms with van der Waals surface area (Å²) in [6.07, 6.45) is 0.00438. The topological polar surface area (TPSA) is 55.4 Å². The highest BCUT2D eigenvalue weighted by Gasteiger charge is 2.16. The maximum Gasteiger partial charge on any atom is 0.261 e. The molecule has 0 aliphatic carbocycles. The van der Waals surface area contributed by atoms with Gasteiger partial charge in [-0.1, -0.05) is 0 Å². The Morgan fingerprint density at radius 1 is 1.00 bits per heavy atom. The maximum atomic E-state index is 13.1. The van der Waals surface area contributed by atoms with Gasteiger partial charge in [-0.05, 0) is 56.3 Å². The minimum absolute atomic E-state index is 0.00438. The van der Waals surface area contributed by atoms with Gasteiger partial charge >= 0.3 is 0 Å². The summed E-state index contributed by atoms with van der Waals surface area (Å²) in [7, 11) is -3.99. The second-order valence-electron chi connectivity index (χ2n) is 4.87. The molecule has 0 unspecified atom stereocenters. The van der Waals surface area contributed by atoms with Crippen molar-refractivity contribution in [2.45, 2.75) is 24.8 Å². The van der Waals surface area contributed by atoms with Crippen molar-refractivity contribution in [2.24, 2.45) is 0 Å². The summed E-state index contributed by atoms with van der Waals surface area (Å²) in [6, 6.07) is 8.67. The normalized spacial score (nSPS) is 11.5. The molecule has 0 fully saturated rings. The summed E-state index contributed by atoms with van der Waals surface area (Å²) in [6.45, 7) is 3.75. The van der Waals surface area contributed by atoms with Crippen LogP contribution in [0.15, 0.2) is 47.4 Å². The van der Waals surface area contributed by atoms with E-state index in [-0.39, 0.29) is 11.0 Å². The fourth-order valence-electron chi connectivity index (χ4n) is 1.73. The smallest absolute Gasteiger partial charge is 0.261 e. The lowest BCUT2D eigenvalue weighted by molar-refractivity contribution is 0.242. The van der Waals surface area contributed by atoms with Gasteiger partial charge in [-0.15, -0.1) is 0 Å². The van der Waals surface area contributed by atoms with Crippen molar-refractivity contribution in [3.63, 3.8) is 0 Å². The highest BCUT2D eigenvalue weighted by atomic mass is 32.2. The summed E-state index contributed by atoms with van der Waals surface area (Å²) in [5.74, 6) is -1.72. The number of nitrogens with one attached hydrogen (secondary N) is 1. The maximum absolute atomic E-state index is 13.1. The Morgan fingerprint density at radius 2 is 1.64 bits per heavy atom. The molecular formula is C15H15F2NO3S. The van der Waals surface area contributed by atoms with Gasteiger partial charge in [0.2, 0.25) is 0 Å². The average Bonchev–Trinajstić information content (AvgIpc) is 2.43. The van der Waals surface area contributed by atoms with Crippen molar-refractivity contribution in [2.75, 3.05) is 4.72 Å². The number of halogens is 2. The van der Waals surface area contributed by atoms with Crippen LogP contribution < -0.4 is 9.46 Å². The molecule has 0 amide bonds. The number of anilines is 1. The molecular weight excluding hydrogens is 312 g/mol. The monoisotopic (exact) mass is 327 g/mol. The molecule has 0 aromatic heterocycles. The first-order valence-corrected chi connectivity index (χ1v) is 8.01. The molecule has 118 valence electrons. The number of benzene rings is 2. The Morgan fingerprint density at radius 3 is 2.18 bits per heavy atom. The molecule has 2 aromatic rings. The van der Waals surface area contributed by atoms with E-state index in [0.29, 0.717) is 17.5 Å². The van der Waals surface area contributed by atoms with Crippen LogP contribution in [0, 0.1) is 11.6 Å². The van der Waals surface area contributed by atoms with E-state index in [9.17, 15) is 17.2 Å². The second-order valence-corrected chi connectivity index (χ2v) is 6.55. The third-order valence-corrected chi connectivity index (χ3v) is 4.06. The minimum Gasteiger partial charge on any atom is -0.491 e. The molecule has 4 nitrogen and oxygen atoms in total. The van der Waals surface area contributed by atoms with Crippen LogP contribution in [0.25, 0.3) is 0 Å². The summed E-state index contributed by atoms with van der Waals surface area (Å²) in [4.78, 5) is -0.353. The fraction of sp³-hybridized carbons (Fsp3) is 0.200. The molecule has 0 radical (unpaired) electrons. The third kappa shape index (κ3) is 3.94. The lowest BCUT2D eigenvalue weighted by Crippen LogP contribution is -2.13. The fourth-order valence-corrected chi connectivity index (χ4v) is 2.80. The van der Waals surface area contributed by atoms with Crippen LogP contribution >= 0.6 is 0 Å². The van der Waals surface area contributed by atoms with Crippen LogP contribution in [0.3, 0.4) is 0 Å². The summed E-state index contributed by atoms with van der Waals surface area (Å²) < 4.78 is 57.9. The lowest BCUT2D eigenvalue weighted by Gasteiger charge is -2.11. The van der Waals surface area contributed by atoms with Crippen molar-refractivity contribution in [3.8, 4) is 5.75 Å². The van der Waals surface area contributed by atoms with Crippen LogP contribution in [0.5, 0.6) is 5.75 Å². The first-order chi connectivity index (χ1) is 10.3. The molecule has 7 heteroatoms. The van der Waals surface area contributed by atoms with Crippen molar-refractivity contribution in [1.82, 2.24) is 0 Å². The quantitative estimate of drug-likeness (QED) is 0.913. The van der Waals surface area contributed by atoms with Gasteiger partial charge in [-0.25, -0.2) is 17.2 Å². The van der Waals surface area contributed by atoms with E-state index in [1.807, 2.05) is 13.8 Å².